The Hall–Kier alpha value is -3.13. The maximum atomic E-state index is 11.8. The Kier molecular flexibility index (Phi) is 5.87. The number of nitrogens with one attached hydrogen (secondary N) is 1. The second-order valence-corrected chi connectivity index (χ2v) is 6.14. The molecule has 8 heteroatoms. The number of carbonyl (C=O) groups is 1. The molecule has 2 heterocycles. The van der Waals surface area contributed by atoms with Gasteiger partial charge in [0.1, 0.15) is 6.61 Å². The molecule has 3 aromatic rings. The molecule has 0 radical (unpaired) electrons. The Morgan fingerprint density at radius 2 is 2.00 bits per heavy atom. The Morgan fingerprint density at radius 3 is 2.63 bits per heavy atom. The molecule has 2 aromatic heterocycles. The van der Waals surface area contributed by atoms with Gasteiger partial charge in [-0.05, 0) is 36.4 Å². The standard InChI is InChI=1S/C19H22N4O4/c1-13(2)18(24)20-14-6-8-15(9-7-14)23-17(16-5-4-10-26-16)21-19(22-23)27-12-11-25-3/h4-10,13H,11-12H2,1-3H3,(H,20,24). The summed E-state index contributed by atoms with van der Waals surface area (Å²) >= 11 is 0. The number of ether oxygens (including phenoxy) is 2. The number of benzene rings is 1. The van der Waals surface area contributed by atoms with Gasteiger partial charge in [0.05, 0.1) is 18.6 Å². The van der Waals surface area contributed by atoms with Gasteiger partial charge in [-0.25, -0.2) is 4.68 Å². The highest BCUT2D eigenvalue weighted by molar-refractivity contribution is 5.92. The van der Waals surface area contributed by atoms with Crippen molar-refractivity contribution in [2.45, 2.75) is 13.8 Å². The fourth-order valence-electron chi connectivity index (χ4n) is 2.29. The Balaban J connectivity index is 1.87. The van der Waals surface area contributed by atoms with E-state index in [-0.39, 0.29) is 17.8 Å². The van der Waals surface area contributed by atoms with Gasteiger partial charge in [0.2, 0.25) is 11.7 Å². The average Bonchev–Trinajstić information content (AvgIpc) is 3.32. The maximum absolute atomic E-state index is 11.8. The first kappa shape index (κ1) is 18.7. The SMILES string of the molecule is COCCOc1nc(-c2ccco2)n(-c2ccc(NC(=O)C(C)C)cc2)n1. The van der Waals surface area contributed by atoms with Crippen molar-refractivity contribution in [3.8, 4) is 23.3 Å². The Bertz CT molecular complexity index is 870. The van der Waals surface area contributed by atoms with Crippen molar-refractivity contribution in [2.24, 2.45) is 5.92 Å². The number of hydrogen-bond donors (Lipinski definition) is 1. The molecule has 0 saturated carbocycles. The molecule has 3 rings (SSSR count). The lowest BCUT2D eigenvalue weighted by atomic mass is 10.2. The number of carbonyl (C=O) groups excluding carboxylic acids is 1. The number of nitrogens with zero attached hydrogens (tertiary/aromatic N) is 3. The second-order valence-electron chi connectivity index (χ2n) is 6.14. The zero-order valence-corrected chi connectivity index (χ0v) is 15.5. The molecule has 1 N–H and O–H groups in total. The quantitative estimate of drug-likeness (QED) is 0.613. The molecule has 142 valence electrons. The monoisotopic (exact) mass is 370 g/mol. The summed E-state index contributed by atoms with van der Waals surface area (Å²) in [4.78, 5) is 16.2. The first-order chi connectivity index (χ1) is 13.1. The fourth-order valence-corrected chi connectivity index (χ4v) is 2.29. The third-order valence-corrected chi connectivity index (χ3v) is 3.75. The average molecular weight is 370 g/mol. The summed E-state index contributed by atoms with van der Waals surface area (Å²) in [6.45, 7) is 4.48. The van der Waals surface area contributed by atoms with Crippen molar-refractivity contribution in [1.82, 2.24) is 14.8 Å². The Morgan fingerprint density at radius 1 is 1.22 bits per heavy atom. The van der Waals surface area contributed by atoms with Crippen LogP contribution in [-0.2, 0) is 9.53 Å². The van der Waals surface area contributed by atoms with Crippen LogP contribution >= 0.6 is 0 Å². The summed E-state index contributed by atoms with van der Waals surface area (Å²) in [7, 11) is 1.60. The van der Waals surface area contributed by atoms with Crippen LogP contribution in [0.25, 0.3) is 17.3 Å². The summed E-state index contributed by atoms with van der Waals surface area (Å²) < 4.78 is 17.6. The molecule has 0 atom stereocenters. The normalized spacial score (nSPS) is 11.0. The van der Waals surface area contributed by atoms with Crippen molar-refractivity contribution in [2.75, 3.05) is 25.6 Å². The van der Waals surface area contributed by atoms with E-state index in [1.54, 1.807) is 30.2 Å². The lowest BCUT2D eigenvalue weighted by Gasteiger charge is -2.09. The summed E-state index contributed by atoms with van der Waals surface area (Å²) in [6.07, 6.45) is 1.57. The van der Waals surface area contributed by atoms with E-state index in [1.165, 1.54) is 0 Å². The minimum absolute atomic E-state index is 0.0337. The molecule has 1 aromatic carbocycles. The van der Waals surface area contributed by atoms with Crippen LogP contribution in [0.4, 0.5) is 5.69 Å². The zero-order chi connectivity index (χ0) is 19.2. The van der Waals surface area contributed by atoms with Gasteiger partial charge in [-0.15, -0.1) is 5.10 Å². The van der Waals surface area contributed by atoms with Gasteiger partial charge in [0.25, 0.3) is 0 Å². The number of rotatable bonds is 8. The first-order valence-electron chi connectivity index (χ1n) is 8.62. The van der Waals surface area contributed by atoms with E-state index in [0.29, 0.717) is 30.5 Å². The molecule has 0 spiro atoms. The van der Waals surface area contributed by atoms with Crippen LogP contribution in [0, 0.1) is 5.92 Å². The van der Waals surface area contributed by atoms with Gasteiger partial charge in [-0.1, -0.05) is 13.8 Å². The van der Waals surface area contributed by atoms with E-state index >= 15 is 0 Å². The highest BCUT2D eigenvalue weighted by Gasteiger charge is 2.17. The molecule has 8 nitrogen and oxygen atoms in total. The number of anilines is 1. The molecule has 1 amide bonds. The van der Waals surface area contributed by atoms with Crippen LogP contribution in [0.15, 0.2) is 47.1 Å². The molecular weight excluding hydrogens is 348 g/mol. The van der Waals surface area contributed by atoms with Crippen LogP contribution in [0.3, 0.4) is 0 Å². The molecule has 0 aliphatic carbocycles. The summed E-state index contributed by atoms with van der Waals surface area (Å²) in [5.41, 5.74) is 1.48. The second kappa shape index (κ2) is 8.50. The molecule has 0 saturated heterocycles. The smallest absolute Gasteiger partial charge is 0.336 e. The summed E-state index contributed by atoms with van der Waals surface area (Å²) in [5.74, 6) is 0.971. The predicted octanol–water partition coefficient (Wildman–Crippen LogP) is 3.15. The van der Waals surface area contributed by atoms with Crippen molar-refractivity contribution in [1.29, 1.82) is 0 Å². The molecule has 0 bridgehead atoms. The van der Waals surface area contributed by atoms with Gasteiger partial charge < -0.3 is 19.2 Å². The van der Waals surface area contributed by atoms with Crippen molar-refractivity contribution in [3.05, 3.63) is 42.7 Å². The zero-order valence-electron chi connectivity index (χ0n) is 15.5. The molecule has 0 aliphatic rings. The summed E-state index contributed by atoms with van der Waals surface area (Å²) in [5, 5.41) is 7.27. The van der Waals surface area contributed by atoms with Gasteiger partial charge >= 0.3 is 6.01 Å². The van der Waals surface area contributed by atoms with Crippen LogP contribution < -0.4 is 10.1 Å². The van der Waals surface area contributed by atoms with Crippen LogP contribution in [0.5, 0.6) is 6.01 Å². The van der Waals surface area contributed by atoms with Crippen molar-refractivity contribution >= 4 is 11.6 Å². The summed E-state index contributed by atoms with van der Waals surface area (Å²) in [6, 6.07) is 11.1. The van der Waals surface area contributed by atoms with Gasteiger partial charge in [-0.2, -0.15) is 4.98 Å². The van der Waals surface area contributed by atoms with E-state index in [0.717, 1.165) is 5.69 Å². The first-order valence-corrected chi connectivity index (χ1v) is 8.62. The van der Waals surface area contributed by atoms with Crippen LogP contribution in [0.2, 0.25) is 0 Å². The highest BCUT2D eigenvalue weighted by Crippen LogP contribution is 2.24. The maximum Gasteiger partial charge on any atom is 0.336 e. The molecule has 0 unspecified atom stereocenters. The van der Waals surface area contributed by atoms with Gasteiger partial charge in [-0.3, -0.25) is 4.79 Å². The minimum Gasteiger partial charge on any atom is -0.461 e. The lowest BCUT2D eigenvalue weighted by molar-refractivity contribution is -0.118. The van der Waals surface area contributed by atoms with Gasteiger partial charge in [0.15, 0.2) is 5.76 Å². The minimum atomic E-state index is -0.0858. The fraction of sp³-hybridized carbons (Fsp3) is 0.316. The molecule has 27 heavy (non-hydrogen) atoms. The van der Waals surface area contributed by atoms with Crippen LogP contribution in [-0.4, -0.2) is 41.0 Å². The largest absolute Gasteiger partial charge is 0.461 e. The van der Waals surface area contributed by atoms with E-state index < -0.39 is 0 Å². The third-order valence-electron chi connectivity index (χ3n) is 3.75. The van der Waals surface area contributed by atoms with E-state index in [2.05, 4.69) is 15.4 Å². The van der Waals surface area contributed by atoms with Crippen LogP contribution in [0.1, 0.15) is 13.8 Å². The topological polar surface area (TPSA) is 91.4 Å². The highest BCUT2D eigenvalue weighted by atomic mass is 16.5. The van der Waals surface area contributed by atoms with E-state index in [4.69, 9.17) is 13.9 Å². The number of amides is 1. The van der Waals surface area contributed by atoms with Crippen molar-refractivity contribution < 1.29 is 18.7 Å². The lowest BCUT2D eigenvalue weighted by Crippen LogP contribution is -2.17. The number of hydrogen-bond acceptors (Lipinski definition) is 6. The van der Waals surface area contributed by atoms with Gasteiger partial charge in [0, 0.05) is 18.7 Å². The molecule has 0 fully saturated rings. The van der Waals surface area contributed by atoms with E-state index in [1.807, 2.05) is 38.1 Å². The number of furan rings is 1. The van der Waals surface area contributed by atoms with E-state index in [9.17, 15) is 4.79 Å². The molecular formula is C19H22N4O4. The molecule has 0 aliphatic heterocycles. The third kappa shape index (κ3) is 4.53. The van der Waals surface area contributed by atoms with Crippen molar-refractivity contribution in [3.63, 3.8) is 0 Å². The number of aromatic nitrogens is 3. The predicted molar refractivity (Wildman–Crippen MR) is 99.9 cm³/mol. The number of methoxy groups -OCH3 is 1. The Labute approximate surface area is 157 Å².